The van der Waals surface area contributed by atoms with Crippen LogP contribution in [0.25, 0.3) is 0 Å². The smallest absolute Gasteiger partial charge is 0.351 e. The molecule has 4 heteroatoms. The molecule has 3 N–H and O–H groups in total. The van der Waals surface area contributed by atoms with E-state index in [2.05, 4.69) is 5.32 Å². The summed E-state index contributed by atoms with van der Waals surface area (Å²) >= 11 is 0. The van der Waals surface area contributed by atoms with E-state index in [9.17, 15) is 4.79 Å². The highest BCUT2D eigenvalue weighted by molar-refractivity contribution is 5.86. The van der Waals surface area contributed by atoms with Crippen molar-refractivity contribution < 1.29 is 15.0 Å². The normalized spacial score (nSPS) is 25.0. The van der Waals surface area contributed by atoms with E-state index in [0.717, 1.165) is 0 Å². The number of carboxylic acid groups (broad SMARTS) is 1. The van der Waals surface area contributed by atoms with Crippen LogP contribution in [0.4, 0.5) is 0 Å². The van der Waals surface area contributed by atoms with Gasteiger partial charge in [-0.25, -0.2) is 4.79 Å². The Labute approximate surface area is 51.8 Å². The molecule has 0 saturated carbocycles. The molecule has 1 heterocycles. The second-order valence-corrected chi connectivity index (χ2v) is 1.83. The Morgan fingerprint density at radius 1 is 1.89 bits per heavy atom. The van der Waals surface area contributed by atoms with Gasteiger partial charge in [0.2, 0.25) is 0 Å². The van der Waals surface area contributed by atoms with Crippen LogP contribution in [0.15, 0.2) is 11.8 Å². The van der Waals surface area contributed by atoms with Crippen LogP contribution in [0.5, 0.6) is 0 Å². The Kier molecular flexibility index (Phi) is 1.40. The van der Waals surface area contributed by atoms with Crippen LogP contribution in [-0.2, 0) is 4.79 Å². The van der Waals surface area contributed by atoms with Crippen molar-refractivity contribution in [3.8, 4) is 0 Å². The Morgan fingerprint density at radius 2 is 2.56 bits per heavy atom. The summed E-state index contributed by atoms with van der Waals surface area (Å²) < 4.78 is 0. The Morgan fingerprint density at radius 3 is 2.78 bits per heavy atom. The van der Waals surface area contributed by atoms with E-state index < -0.39 is 12.1 Å². The van der Waals surface area contributed by atoms with Gasteiger partial charge in [-0.05, 0) is 6.08 Å². The van der Waals surface area contributed by atoms with Crippen LogP contribution < -0.4 is 5.32 Å². The second-order valence-electron chi connectivity index (χ2n) is 1.83. The van der Waals surface area contributed by atoms with E-state index in [4.69, 9.17) is 10.2 Å². The Balaban J connectivity index is 2.62. The molecule has 0 radical (unpaired) electrons. The summed E-state index contributed by atoms with van der Waals surface area (Å²) in [6.07, 6.45) is 0.638. The van der Waals surface area contributed by atoms with Gasteiger partial charge in [-0.1, -0.05) is 0 Å². The molecule has 9 heavy (non-hydrogen) atoms. The fraction of sp³-hybridized carbons (Fsp3) is 0.400. The van der Waals surface area contributed by atoms with E-state index in [-0.39, 0.29) is 5.70 Å². The largest absolute Gasteiger partial charge is 0.477 e. The quantitative estimate of drug-likeness (QED) is 0.421. The van der Waals surface area contributed by atoms with Gasteiger partial charge in [-0.2, -0.15) is 0 Å². The molecule has 0 aromatic carbocycles. The first-order valence-corrected chi connectivity index (χ1v) is 2.57. The van der Waals surface area contributed by atoms with E-state index >= 15 is 0 Å². The number of aliphatic hydroxyl groups is 1. The zero-order valence-electron chi connectivity index (χ0n) is 4.66. The highest BCUT2D eigenvalue weighted by atomic mass is 16.4. The summed E-state index contributed by atoms with van der Waals surface area (Å²) in [5, 5.41) is 19.6. The molecular formula is C5H7NO3. The van der Waals surface area contributed by atoms with Gasteiger partial charge in [0.25, 0.3) is 0 Å². The maximum Gasteiger partial charge on any atom is 0.351 e. The molecule has 1 atom stereocenters. The monoisotopic (exact) mass is 129 g/mol. The number of hydrogen-bond acceptors (Lipinski definition) is 3. The number of carboxylic acids is 1. The number of nitrogens with one attached hydrogen (secondary N) is 1. The number of carbonyl (C=O) groups is 1. The predicted molar refractivity (Wildman–Crippen MR) is 29.7 cm³/mol. The summed E-state index contributed by atoms with van der Waals surface area (Å²) in [6, 6.07) is 0. The molecule has 0 unspecified atom stereocenters. The third-order valence-corrected chi connectivity index (χ3v) is 1.09. The number of aliphatic carboxylic acids is 1. The van der Waals surface area contributed by atoms with Gasteiger partial charge in [0.15, 0.2) is 0 Å². The minimum absolute atomic E-state index is 0.0856. The molecule has 4 nitrogen and oxygen atoms in total. The van der Waals surface area contributed by atoms with Crippen LogP contribution in [0, 0.1) is 0 Å². The predicted octanol–water partition coefficient (Wildman–Crippen LogP) is -1.08. The van der Waals surface area contributed by atoms with Gasteiger partial charge >= 0.3 is 5.97 Å². The first-order chi connectivity index (χ1) is 4.20. The van der Waals surface area contributed by atoms with Crippen LogP contribution >= 0.6 is 0 Å². The van der Waals surface area contributed by atoms with Crippen molar-refractivity contribution in [2.24, 2.45) is 0 Å². The van der Waals surface area contributed by atoms with Crippen LogP contribution in [0.3, 0.4) is 0 Å². The van der Waals surface area contributed by atoms with Crippen molar-refractivity contribution in [2.45, 2.75) is 6.10 Å². The van der Waals surface area contributed by atoms with Gasteiger partial charge in [-0.3, -0.25) is 0 Å². The molecular weight excluding hydrogens is 122 g/mol. The van der Waals surface area contributed by atoms with Crippen LogP contribution in [0.1, 0.15) is 0 Å². The lowest BCUT2D eigenvalue weighted by molar-refractivity contribution is -0.132. The van der Waals surface area contributed by atoms with E-state index in [1.165, 1.54) is 6.08 Å². The summed E-state index contributed by atoms with van der Waals surface area (Å²) in [4.78, 5) is 10.1. The minimum atomic E-state index is -1.02. The lowest BCUT2D eigenvalue weighted by Gasteiger charge is -1.94. The molecule has 0 amide bonds. The van der Waals surface area contributed by atoms with Crippen LogP contribution in [0.2, 0.25) is 0 Å². The SMILES string of the molecule is O=C(O)C1=C[C@@H](O)CN1. The molecule has 50 valence electrons. The van der Waals surface area contributed by atoms with Crippen molar-refractivity contribution in [3.05, 3.63) is 11.8 Å². The fourth-order valence-corrected chi connectivity index (χ4v) is 0.672. The maximum absolute atomic E-state index is 10.1. The van der Waals surface area contributed by atoms with Gasteiger partial charge in [-0.15, -0.1) is 0 Å². The fourth-order valence-electron chi connectivity index (χ4n) is 0.672. The van der Waals surface area contributed by atoms with E-state index in [0.29, 0.717) is 6.54 Å². The van der Waals surface area contributed by atoms with Gasteiger partial charge in [0.1, 0.15) is 5.70 Å². The highest BCUT2D eigenvalue weighted by Gasteiger charge is 2.16. The maximum atomic E-state index is 10.1. The molecule has 1 rings (SSSR count). The second kappa shape index (κ2) is 2.06. The molecule has 1 aliphatic heterocycles. The number of hydrogen-bond donors (Lipinski definition) is 3. The molecule has 0 aromatic rings. The number of β-amino-alcohol motifs (C(OH)–C–C–N with tert-alkyl or cyclic N) is 1. The molecule has 0 fully saturated rings. The van der Waals surface area contributed by atoms with Crippen molar-refractivity contribution in [3.63, 3.8) is 0 Å². The standard InChI is InChI=1S/C5H7NO3/c7-3-1-4(5(8)9)6-2-3/h1,3,6-7H,2H2,(H,8,9)/t3-/m1/s1. The summed E-state index contributed by atoms with van der Waals surface area (Å²) in [7, 11) is 0. The van der Waals surface area contributed by atoms with Crippen molar-refractivity contribution in [2.75, 3.05) is 6.54 Å². The molecule has 1 aliphatic rings. The minimum Gasteiger partial charge on any atom is -0.477 e. The topological polar surface area (TPSA) is 69.6 Å². The molecule has 0 aliphatic carbocycles. The highest BCUT2D eigenvalue weighted by Crippen LogP contribution is 2.00. The van der Waals surface area contributed by atoms with Gasteiger partial charge < -0.3 is 15.5 Å². The first-order valence-electron chi connectivity index (χ1n) is 2.57. The average Bonchev–Trinajstić information content (AvgIpc) is 2.14. The van der Waals surface area contributed by atoms with Crippen LogP contribution in [-0.4, -0.2) is 28.8 Å². The third kappa shape index (κ3) is 1.20. The summed E-state index contributed by atoms with van der Waals surface area (Å²) in [6.45, 7) is 0.307. The third-order valence-electron chi connectivity index (χ3n) is 1.09. The molecule has 0 bridgehead atoms. The van der Waals surface area contributed by atoms with Gasteiger partial charge in [0, 0.05) is 6.54 Å². The first kappa shape index (κ1) is 6.10. The number of aliphatic hydroxyl groups excluding tert-OH is 1. The zero-order chi connectivity index (χ0) is 6.85. The Bertz CT molecular complexity index is 164. The van der Waals surface area contributed by atoms with Gasteiger partial charge in [0.05, 0.1) is 6.10 Å². The average molecular weight is 129 g/mol. The van der Waals surface area contributed by atoms with Crippen molar-refractivity contribution in [1.29, 1.82) is 0 Å². The lowest BCUT2D eigenvalue weighted by Crippen LogP contribution is -2.18. The molecule has 0 saturated heterocycles. The summed E-state index contributed by atoms with van der Waals surface area (Å²) in [5.74, 6) is -1.02. The van der Waals surface area contributed by atoms with E-state index in [1.54, 1.807) is 0 Å². The Hall–Kier alpha value is -1.03. The molecule has 0 aromatic heterocycles. The lowest BCUT2D eigenvalue weighted by atomic mass is 10.3. The zero-order valence-corrected chi connectivity index (χ0v) is 4.66. The number of rotatable bonds is 1. The molecule has 0 spiro atoms. The summed E-state index contributed by atoms with van der Waals surface area (Å²) in [5.41, 5.74) is 0.0856. The van der Waals surface area contributed by atoms with Crippen molar-refractivity contribution >= 4 is 5.97 Å². The van der Waals surface area contributed by atoms with Crippen molar-refractivity contribution in [1.82, 2.24) is 5.32 Å². The van der Waals surface area contributed by atoms with E-state index in [1.807, 2.05) is 0 Å².